The molecule has 7 nitrogen and oxygen atoms in total. The van der Waals surface area contributed by atoms with E-state index in [2.05, 4.69) is 42.0 Å². The van der Waals surface area contributed by atoms with Gasteiger partial charge in [0.2, 0.25) is 5.95 Å². The van der Waals surface area contributed by atoms with Gasteiger partial charge < -0.3 is 20.0 Å². The molecule has 1 aliphatic rings. The fourth-order valence-corrected chi connectivity index (χ4v) is 3.64. The minimum atomic E-state index is 0.694. The Morgan fingerprint density at radius 2 is 1.83 bits per heavy atom. The zero-order valence-electron chi connectivity index (χ0n) is 16.8. The standard InChI is InChI=1S/C21H26ClN7/c1-27-9-11-29(12-10-27)17-14-25-21(26-15-17)28(2)8-7-24-19-5-6-23-20-13-16(22)3-4-18(19)20/h3-6,13-15H,7-12H2,1-2H3,(H,23,24). The summed E-state index contributed by atoms with van der Waals surface area (Å²) in [6.07, 6.45) is 5.65. The van der Waals surface area contributed by atoms with Crippen molar-refractivity contribution in [2.75, 3.05) is 68.5 Å². The van der Waals surface area contributed by atoms with Gasteiger partial charge in [-0.2, -0.15) is 0 Å². The maximum atomic E-state index is 6.07. The number of aromatic nitrogens is 3. The highest BCUT2D eigenvalue weighted by molar-refractivity contribution is 6.31. The normalized spacial score (nSPS) is 14.9. The number of hydrogen-bond donors (Lipinski definition) is 1. The Kier molecular flexibility index (Phi) is 5.97. The van der Waals surface area contributed by atoms with Crippen molar-refractivity contribution in [2.24, 2.45) is 0 Å². The highest BCUT2D eigenvalue weighted by atomic mass is 35.5. The first-order valence-electron chi connectivity index (χ1n) is 9.85. The van der Waals surface area contributed by atoms with Crippen molar-refractivity contribution in [3.8, 4) is 0 Å². The van der Waals surface area contributed by atoms with Crippen LogP contribution in [-0.4, -0.2) is 73.2 Å². The lowest BCUT2D eigenvalue weighted by Crippen LogP contribution is -2.44. The lowest BCUT2D eigenvalue weighted by atomic mass is 10.2. The molecule has 4 rings (SSSR count). The zero-order chi connectivity index (χ0) is 20.2. The second-order valence-corrected chi connectivity index (χ2v) is 7.84. The van der Waals surface area contributed by atoms with Gasteiger partial charge in [-0.15, -0.1) is 0 Å². The van der Waals surface area contributed by atoms with Crippen molar-refractivity contribution < 1.29 is 0 Å². The third-order valence-corrected chi connectivity index (χ3v) is 5.54. The van der Waals surface area contributed by atoms with Gasteiger partial charge in [0.05, 0.1) is 23.6 Å². The topological polar surface area (TPSA) is 60.4 Å². The first kappa shape index (κ1) is 19.7. The summed E-state index contributed by atoms with van der Waals surface area (Å²) in [6.45, 7) is 5.73. The highest BCUT2D eigenvalue weighted by Crippen LogP contribution is 2.24. The van der Waals surface area contributed by atoms with Crippen molar-refractivity contribution in [3.05, 3.63) is 47.9 Å². The second kappa shape index (κ2) is 8.80. The third-order valence-electron chi connectivity index (χ3n) is 5.30. The highest BCUT2D eigenvalue weighted by Gasteiger charge is 2.15. The summed E-state index contributed by atoms with van der Waals surface area (Å²) in [7, 11) is 4.17. The van der Waals surface area contributed by atoms with Crippen molar-refractivity contribution in [1.82, 2.24) is 19.9 Å². The number of halogens is 1. The van der Waals surface area contributed by atoms with Gasteiger partial charge in [0, 0.05) is 68.6 Å². The molecule has 0 bridgehead atoms. The predicted octanol–water partition coefficient (Wildman–Crippen LogP) is 2.98. The number of piperazine rings is 1. The molecule has 0 radical (unpaired) electrons. The lowest BCUT2D eigenvalue weighted by molar-refractivity contribution is 0.312. The van der Waals surface area contributed by atoms with E-state index in [0.29, 0.717) is 5.02 Å². The summed E-state index contributed by atoms with van der Waals surface area (Å²) in [5, 5.41) is 5.24. The van der Waals surface area contributed by atoms with Crippen LogP contribution in [0.5, 0.6) is 0 Å². The Morgan fingerprint density at radius 3 is 2.59 bits per heavy atom. The van der Waals surface area contributed by atoms with Gasteiger partial charge in [-0.3, -0.25) is 4.98 Å². The number of benzene rings is 1. The molecule has 3 aromatic rings. The molecule has 0 unspecified atom stereocenters. The Hall–Kier alpha value is -2.64. The molecule has 0 amide bonds. The van der Waals surface area contributed by atoms with Crippen LogP contribution in [0.15, 0.2) is 42.9 Å². The molecule has 29 heavy (non-hydrogen) atoms. The van der Waals surface area contributed by atoms with Gasteiger partial charge in [0.25, 0.3) is 0 Å². The van der Waals surface area contributed by atoms with Crippen molar-refractivity contribution in [3.63, 3.8) is 0 Å². The maximum Gasteiger partial charge on any atom is 0.225 e. The first-order chi connectivity index (χ1) is 14.1. The molecular formula is C21H26ClN7. The maximum absolute atomic E-state index is 6.07. The molecule has 0 aliphatic carbocycles. The van der Waals surface area contributed by atoms with E-state index in [1.165, 1.54) is 0 Å². The molecular weight excluding hydrogens is 386 g/mol. The largest absolute Gasteiger partial charge is 0.383 e. The van der Waals surface area contributed by atoms with E-state index in [0.717, 1.165) is 67.5 Å². The van der Waals surface area contributed by atoms with Gasteiger partial charge in [-0.05, 0) is 31.3 Å². The van der Waals surface area contributed by atoms with Gasteiger partial charge in [0.15, 0.2) is 0 Å². The molecule has 0 spiro atoms. The van der Waals surface area contributed by atoms with Crippen LogP contribution < -0.4 is 15.1 Å². The van der Waals surface area contributed by atoms with Crippen LogP contribution in [0.3, 0.4) is 0 Å². The molecule has 1 aliphatic heterocycles. The average Bonchev–Trinajstić information content (AvgIpc) is 2.74. The first-order valence-corrected chi connectivity index (χ1v) is 10.2. The summed E-state index contributed by atoms with van der Waals surface area (Å²) in [6, 6.07) is 7.75. The molecule has 3 heterocycles. The number of fused-ring (bicyclic) bond motifs is 1. The molecule has 1 fully saturated rings. The summed E-state index contributed by atoms with van der Waals surface area (Å²) >= 11 is 6.07. The monoisotopic (exact) mass is 411 g/mol. The van der Waals surface area contributed by atoms with Crippen molar-refractivity contribution in [2.45, 2.75) is 0 Å². The number of nitrogens with zero attached hydrogens (tertiary/aromatic N) is 6. The van der Waals surface area contributed by atoms with Crippen molar-refractivity contribution >= 4 is 39.8 Å². The molecule has 0 saturated carbocycles. The van der Waals surface area contributed by atoms with Crippen LogP contribution in [0.2, 0.25) is 5.02 Å². The van der Waals surface area contributed by atoms with Crippen LogP contribution in [0.1, 0.15) is 0 Å². The Balaban J connectivity index is 1.33. The number of pyridine rings is 1. The van der Waals surface area contributed by atoms with Gasteiger partial charge >= 0.3 is 0 Å². The van der Waals surface area contributed by atoms with Crippen LogP contribution >= 0.6 is 11.6 Å². The van der Waals surface area contributed by atoms with E-state index >= 15 is 0 Å². The Morgan fingerprint density at radius 1 is 1.07 bits per heavy atom. The number of hydrogen-bond acceptors (Lipinski definition) is 7. The van der Waals surface area contributed by atoms with Crippen LogP contribution in [0.4, 0.5) is 17.3 Å². The van der Waals surface area contributed by atoms with Crippen LogP contribution in [0, 0.1) is 0 Å². The quantitative estimate of drug-likeness (QED) is 0.669. The lowest BCUT2D eigenvalue weighted by Gasteiger charge is -2.33. The van der Waals surface area contributed by atoms with E-state index in [1.807, 2.05) is 43.7 Å². The molecule has 2 aromatic heterocycles. The number of rotatable bonds is 6. The van der Waals surface area contributed by atoms with Crippen LogP contribution in [0.25, 0.3) is 10.9 Å². The molecule has 152 valence electrons. The van der Waals surface area contributed by atoms with E-state index in [9.17, 15) is 0 Å². The summed E-state index contributed by atoms with van der Waals surface area (Å²) in [5.41, 5.74) is 3.03. The van der Waals surface area contributed by atoms with Gasteiger partial charge in [0.1, 0.15) is 0 Å². The molecule has 8 heteroatoms. The van der Waals surface area contributed by atoms with Crippen molar-refractivity contribution in [1.29, 1.82) is 0 Å². The number of anilines is 3. The third kappa shape index (κ3) is 4.68. The zero-order valence-corrected chi connectivity index (χ0v) is 17.6. The SMILES string of the molecule is CN1CCN(c2cnc(N(C)CCNc3ccnc4cc(Cl)ccc34)nc2)CC1. The average molecular weight is 412 g/mol. The second-order valence-electron chi connectivity index (χ2n) is 7.40. The molecule has 1 saturated heterocycles. The summed E-state index contributed by atoms with van der Waals surface area (Å²) in [4.78, 5) is 20.2. The molecule has 1 aromatic carbocycles. The minimum Gasteiger partial charge on any atom is -0.383 e. The fraction of sp³-hybridized carbons (Fsp3) is 0.381. The van der Waals surface area contributed by atoms with Gasteiger partial charge in [-0.25, -0.2) is 9.97 Å². The van der Waals surface area contributed by atoms with Crippen LogP contribution in [-0.2, 0) is 0 Å². The van der Waals surface area contributed by atoms with E-state index in [4.69, 9.17) is 11.6 Å². The Labute approximate surface area is 176 Å². The van der Waals surface area contributed by atoms with E-state index in [1.54, 1.807) is 6.20 Å². The summed E-state index contributed by atoms with van der Waals surface area (Å²) in [5.74, 6) is 0.732. The Bertz CT molecular complexity index is 955. The number of nitrogens with one attached hydrogen (secondary N) is 1. The van der Waals surface area contributed by atoms with Gasteiger partial charge in [-0.1, -0.05) is 11.6 Å². The fourth-order valence-electron chi connectivity index (χ4n) is 3.47. The summed E-state index contributed by atoms with van der Waals surface area (Å²) < 4.78 is 0. The van der Waals surface area contributed by atoms with E-state index < -0.39 is 0 Å². The number of likely N-dealkylation sites (N-methyl/N-ethyl adjacent to an activating group) is 2. The minimum absolute atomic E-state index is 0.694. The van der Waals surface area contributed by atoms with E-state index in [-0.39, 0.29) is 0 Å². The molecule has 0 atom stereocenters. The predicted molar refractivity (Wildman–Crippen MR) is 120 cm³/mol. The smallest absolute Gasteiger partial charge is 0.225 e. The molecule has 1 N–H and O–H groups in total.